The summed E-state index contributed by atoms with van der Waals surface area (Å²) in [7, 11) is -7.41. The molecule has 0 unspecified atom stereocenters. The summed E-state index contributed by atoms with van der Waals surface area (Å²) in [6.07, 6.45) is 1.09. The first-order chi connectivity index (χ1) is 11.6. The number of sulfonamides is 2. The lowest BCUT2D eigenvalue weighted by Crippen LogP contribution is -2.25. The van der Waals surface area contributed by atoms with Gasteiger partial charge in [-0.2, -0.15) is 0 Å². The van der Waals surface area contributed by atoms with Crippen LogP contribution in [0.3, 0.4) is 0 Å². The van der Waals surface area contributed by atoms with Crippen molar-refractivity contribution in [2.75, 3.05) is 6.54 Å². The molecule has 0 saturated heterocycles. The molecule has 0 radical (unpaired) electrons. The monoisotopic (exact) mass is 386 g/mol. The zero-order chi connectivity index (χ0) is 18.7. The van der Waals surface area contributed by atoms with Crippen molar-refractivity contribution in [2.45, 2.75) is 29.6 Å². The lowest BCUT2D eigenvalue weighted by Gasteiger charge is -2.08. The van der Waals surface area contributed by atoms with E-state index in [1.54, 1.807) is 12.1 Å². The lowest BCUT2D eigenvalue weighted by molar-refractivity contribution is 0.577. The van der Waals surface area contributed by atoms with Gasteiger partial charge in [-0.15, -0.1) is 0 Å². The molecule has 25 heavy (non-hydrogen) atoms. The third-order valence-electron chi connectivity index (χ3n) is 3.63. The van der Waals surface area contributed by atoms with Gasteiger partial charge in [0.1, 0.15) is 5.82 Å². The Morgan fingerprint density at radius 3 is 2.16 bits per heavy atom. The molecule has 0 heterocycles. The van der Waals surface area contributed by atoms with E-state index in [2.05, 4.69) is 4.72 Å². The number of nitrogens with two attached hydrogens (primary N) is 1. The highest BCUT2D eigenvalue weighted by molar-refractivity contribution is 7.89. The van der Waals surface area contributed by atoms with Gasteiger partial charge in [-0.25, -0.2) is 31.1 Å². The number of hydrogen-bond donors (Lipinski definition) is 2. The minimum Gasteiger partial charge on any atom is -0.225 e. The van der Waals surface area contributed by atoms with Crippen molar-refractivity contribution in [3.05, 3.63) is 59.4 Å². The zero-order valence-electron chi connectivity index (χ0n) is 13.6. The first-order valence-electron chi connectivity index (χ1n) is 7.47. The molecule has 2 aromatic rings. The quantitative estimate of drug-likeness (QED) is 0.706. The van der Waals surface area contributed by atoms with E-state index in [4.69, 9.17) is 5.14 Å². The van der Waals surface area contributed by atoms with E-state index in [0.29, 0.717) is 12.8 Å². The molecular formula is C16H19FN2O4S2. The van der Waals surface area contributed by atoms with Gasteiger partial charge < -0.3 is 0 Å². The lowest BCUT2D eigenvalue weighted by atomic mass is 10.1. The summed E-state index contributed by atoms with van der Waals surface area (Å²) in [4.78, 5) is 0.0486. The topological polar surface area (TPSA) is 106 Å². The molecule has 0 spiro atoms. The van der Waals surface area contributed by atoms with Crippen molar-refractivity contribution >= 4 is 20.0 Å². The summed E-state index contributed by atoms with van der Waals surface area (Å²) in [5.74, 6) is -0.457. The average Bonchev–Trinajstić information content (AvgIpc) is 2.53. The van der Waals surface area contributed by atoms with Gasteiger partial charge in [-0.1, -0.05) is 12.1 Å². The van der Waals surface area contributed by atoms with E-state index >= 15 is 0 Å². The number of primary sulfonamides is 1. The fourth-order valence-electron chi connectivity index (χ4n) is 2.21. The predicted octanol–water partition coefficient (Wildman–Crippen LogP) is 1.69. The smallest absolute Gasteiger partial charge is 0.225 e. The molecule has 0 saturated carbocycles. The summed E-state index contributed by atoms with van der Waals surface area (Å²) in [5.41, 5.74) is 1.13. The molecule has 0 aromatic heterocycles. The molecule has 6 nitrogen and oxygen atoms in total. The summed E-state index contributed by atoms with van der Waals surface area (Å²) in [5, 5.41) is 5.02. The maximum absolute atomic E-state index is 13.2. The Balaban J connectivity index is 1.91. The van der Waals surface area contributed by atoms with Gasteiger partial charge in [0.2, 0.25) is 20.0 Å². The van der Waals surface area contributed by atoms with E-state index in [1.165, 1.54) is 31.2 Å². The number of aryl methyl sites for hydroxylation is 2. The third-order valence-corrected chi connectivity index (χ3v) is 6.01. The highest BCUT2D eigenvalue weighted by atomic mass is 32.2. The number of benzene rings is 2. The Hall–Kier alpha value is -1.81. The molecule has 3 N–H and O–H groups in total. The summed E-state index contributed by atoms with van der Waals surface area (Å²) in [6, 6.07) is 9.72. The number of rotatable bonds is 7. The van der Waals surface area contributed by atoms with Crippen LogP contribution in [-0.2, 0) is 26.5 Å². The molecule has 0 fully saturated rings. The average molecular weight is 386 g/mol. The van der Waals surface area contributed by atoms with Crippen LogP contribution >= 0.6 is 0 Å². The Bertz CT molecular complexity index is 956. The Kier molecular flexibility index (Phi) is 5.94. The summed E-state index contributed by atoms with van der Waals surface area (Å²) < 4.78 is 62.3. The van der Waals surface area contributed by atoms with Gasteiger partial charge in [0.25, 0.3) is 0 Å². The molecule has 0 amide bonds. The van der Waals surface area contributed by atoms with Crippen molar-refractivity contribution in [3.63, 3.8) is 0 Å². The van der Waals surface area contributed by atoms with Crippen LogP contribution in [0.25, 0.3) is 0 Å². The first-order valence-corrected chi connectivity index (χ1v) is 10.5. The van der Waals surface area contributed by atoms with E-state index in [1.807, 2.05) is 0 Å². The molecule has 0 atom stereocenters. The molecule has 9 heteroatoms. The van der Waals surface area contributed by atoms with Gasteiger partial charge in [-0.05, 0) is 61.2 Å². The van der Waals surface area contributed by atoms with Gasteiger partial charge in [0, 0.05) is 6.54 Å². The third kappa shape index (κ3) is 5.33. The molecule has 0 aliphatic heterocycles. The van der Waals surface area contributed by atoms with E-state index < -0.39 is 25.9 Å². The van der Waals surface area contributed by atoms with E-state index in [0.717, 1.165) is 11.6 Å². The van der Waals surface area contributed by atoms with Crippen LogP contribution in [-0.4, -0.2) is 23.4 Å². The Morgan fingerprint density at radius 1 is 1.00 bits per heavy atom. The van der Waals surface area contributed by atoms with Gasteiger partial charge in [0.15, 0.2) is 0 Å². The highest BCUT2D eigenvalue weighted by Crippen LogP contribution is 2.14. The number of halogens is 1. The standard InChI is InChI=1S/C16H19FN2O4S2/c1-12-11-15(8-9-16(12)17)25(22,23)19-10-2-3-13-4-6-14(7-5-13)24(18,20)21/h4-9,11,19H,2-3,10H2,1H3,(H2,18,20,21). The van der Waals surface area contributed by atoms with Crippen LogP contribution in [0.2, 0.25) is 0 Å². The Morgan fingerprint density at radius 2 is 1.60 bits per heavy atom. The molecule has 0 bridgehead atoms. The minimum atomic E-state index is -3.72. The first kappa shape index (κ1) is 19.5. The molecule has 2 aromatic carbocycles. The van der Waals surface area contributed by atoms with E-state index in [9.17, 15) is 21.2 Å². The van der Waals surface area contributed by atoms with Crippen molar-refractivity contribution in [2.24, 2.45) is 5.14 Å². The SMILES string of the molecule is Cc1cc(S(=O)(=O)NCCCc2ccc(S(N)(=O)=O)cc2)ccc1F. The van der Waals surface area contributed by atoms with Gasteiger partial charge in [0.05, 0.1) is 9.79 Å². The van der Waals surface area contributed by atoms with Crippen molar-refractivity contribution in [3.8, 4) is 0 Å². The normalized spacial score (nSPS) is 12.3. The van der Waals surface area contributed by atoms with Crippen molar-refractivity contribution < 1.29 is 21.2 Å². The molecule has 0 aliphatic carbocycles. The van der Waals surface area contributed by atoms with Crippen LogP contribution in [0.5, 0.6) is 0 Å². The van der Waals surface area contributed by atoms with Crippen LogP contribution in [0.4, 0.5) is 4.39 Å². The second-order valence-electron chi connectivity index (χ2n) is 5.60. The molecule has 136 valence electrons. The molecule has 2 rings (SSSR count). The second kappa shape index (κ2) is 7.61. The second-order valence-corrected chi connectivity index (χ2v) is 8.93. The summed E-state index contributed by atoms with van der Waals surface area (Å²) in [6.45, 7) is 1.70. The maximum Gasteiger partial charge on any atom is 0.240 e. The maximum atomic E-state index is 13.2. The number of nitrogens with one attached hydrogen (secondary N) is 1. The van der Waals surface area contributed by atoms with Crippen LogP contribution in [0.1, 0.15) is 17.5 Å². The van der Waals surface area contributed by atoms with Gasteiger partial charge in [-0.3, -0.25) is 0 Å². The van der Waals surface area contributed by atoms with E-state index in [-0.39, 0.29) is 21.9 Å². The fourth-order valence-corrected chi connectivity index (χ4v) is 3.89. The summed E-state index contributed by atoms with van der Waals surface area (Å²) >= 11 is 0. The number of hydrogen-bond acceptors (Lipinski definition) is 4. The van der Waals surface area contributed by atoms with Crippen LogP contribution < -0.4 is 9.86 Å². The van der Waals surface area contributed by atoms with Gasteiger partial charge >= 0.3 is 0 Å². The van der Waals surface area contributed by atoms with Crippen molar-refractivity contribution in [1.82, 2.24) is 4.72 Å². The van der Waals surface area contributed by atoms with Crippen LogP contribution in [0, 0.1) is 12.7 Å². The predicted molar refractivity (Wildman–Crippen MR) is 92.5 cm³/mol. The van der Waals surface area contributed by atoms with Crippen LogP contribution in [0.15, 0.2) is 52.3 Å². The Labute approximate surface area is 147 Å². The molecule has 0 aliphatic rings. The largest absolute Gasteiger partial charge is 0.240 e. The zero-order valence-corrected chi connectivity index (χ0v) is 15.2. The minimum absolute atomic E-state index is 0.0175. The highest BCUT2D eigenvalue weighted by Gasteiger charge is 2.14. The fraction of sp³-hybridized carbons (Fsp3) is 0.250. The van der Waals surface area contributed by atoms with Crippen molar-refractivity contribution in [1.29, 1.82) is 0 Å². The molecular weight excluding hydrogens is 367 g/mol.